The number of nitrogens with zero attached hydrogens (tertiary/aromatic N) is 2. The van der Waals surface area contributed by atoms with Gasteiger partial charge in [-0.05, 0) is 55.5 Å². The molecule has 1 N–H and O–H groups in total. The second-order valence-corrected chi connectivity index (χ2v) is 8.18. The van der Waals surface area contributed by atoms with Crippen molar-refractivity contribution in [3.8, 4) is 0 Å². The molecule has 2 amide bonds. The first-order chi connectivity index (χ1) is 11.6. The monoisotopic (exact) mass is 347 g/mol. The predicted octanol–water partition coefficient (Wildman–Crippen LogP) is 2.05. The third kappa shape index (κ3) is 3.35. The molecule has 0 radical (unpaired) electrons. The molecule has 1 saturated heterocycles. The van der Waals surface area contributed by atoms with Gasteiger partial charge in [-0.2, -0.15) is 0 Å². The molecule has 3 aliphatic rings. The van der Waals surface area contributed by atoms with E-state index >= 15 is 0 Å². The summed E-state index contributed by atoms with van der Waals surface area (Å²) in [5.41, 5.74) is 1.25. The zero-order valence-electron chi connectivity index (χ0n) is 14.2. The quantitative estimate of drug-likeness (QED) is 0.887. The van der Waals surface area contributed by atoms with Crippen molar-refractivity contribution in [2.45, 2.75) is 50.6 Å². The Balaban J connectivity index is 1.32. The van der Waals surface area contributed by atoms with Crippen molar-refractivity contribution in [1.82, 2.24) is 15.1 Å². The number of piperazine rings is 1. The summed E-state index contributed by atoms with van der Waals surface area (Å²) in [5, 5.41) is 5.12. The van der Waals surface area contributed by atoms with Crippen molar-refractivity contribution in [2.75, 3.05) is 26.2 Å². The summed E-state index contributed by atoms with van der Waals surface area (Å²) >= 11 is 1.58. The average molecular weight is 347 g/mol. The summed E-state index contributed by atoms with van der Waals surface area (Å²) in [7, 11) is 0. The molecule has 1 aromatic heterocycles. The molecule has 1 atom stereocenters. The first-order valence-corrected chi connectivity index (χ1v) is 9.92. The van der Waals surface area contributed by atoms with E-state index in [1.807, 2.05) is 17.2 Å². The van der Waals surface area contributed by atoms with Crippen LogP contribution in [-0.4, -0.2) is 59.9 Å². The van der Waals surface area contributed by atoms with Crippen molar-refractivity contribution in [1.29, 1.82) is 0 Å². The third-order valence-corrected chi connectivity index (χ3v) is 6.28. The number of amides is 2. The van der Waals surface area contributed by atoms with Gasteiger partial charge in [0.25, 0.3) is 5.91 Å². The van der Waals surface area contributed by atoms with E-state index < -0.39 is 0 Å². The summed E-state index contributed by atoms with van der Waals surface area (Å²) in [4.78, 5) is 30.1. The number of thiophene rings is 1. The second-order valence-electron chi connectivity index (χ2n) is 7.27. The van der Waals surface area contributed by atoms with Crippen LogP contribution in [0.2, 0.25) is 0 Å². The molecule has 5 nitrogen and oxygen atoms in total. The highest BCUT2D eigenvalue weighted by Crippen LogP contribution is 2.43. The predicted molar refractivity (Wildman–Crippen MR) is 94.4 cm³/mol. The van der Waals surface area contributed by atoms with Gasteiger partial charge >= 0.3 is 0 Å². The minimum atomic E-state index is -0.105. The van der Waals surface area contributed by atoms with Crippen LogP contribution in [0.25, 0.3) is 0 Å². The van der Waals surface area contributed by atoms with E-state index in [4.69, 9.17) is 0 Å². The molecule has 2 aliphatic carbocycles. The lowest BCUT2D eigenvalue weighted by molar-refractivity contribution is -0.126. The maximum Gasteiger partial charge on any atom is 0.264 e. The fourth-order valence-electron chi connectivity index (χ4n) is 3.38. The number of rotatable bonds is 5. The number of hydrogen-bond acceptors (Lipinski definition) is 4. The zero-order chi connectivity index (χ0) is 16.7. The molecule has 24 heavy (non-hydrogen) atoms. The molecule has 0 bridgehead atoms. The van der Waals surface area contributed by atoms with Gasteiger partial charge in [-0.3, -0.25) is 14.5 Å². The Hall–Kier alpha value is -1.40. The Morgan fingerprint density at radius 3 is 2.50 bits per heavy atom. The third-order valence-electron chi connectivity index (χ3n) is 5.36. The molecular weight excluding hydrogens is 322 g/mol. The molecule has 1 aromatic rings. The lowest BCUT2D eigenvalue weighted by Gasteiger charge is -2.37. The van der Waals surface area contributed by atoms with Crippen molar-refractivity contribution in [3.63, 3.8) is 0 Å². The summed E-state index contributed by atoms with van der Waals surface area (Å²) in [5.74, 6) is 0.927. The van der Waals surface area contributed by atoms with Crippen LogP contribution >= 0.6 is 11.3 Å². The van der Waals surface area contributed by atoms with Crippen LogP contribution in [0, 0.1) is 0 Å². The van der Waals surface area contributed by atoms with Gasteiger partial charge in [0.05, 0.1) is 10.9 Å². The first kappa shape index (κ1) is 16.1. The van der Waals surface area contributed by atoms with Crippen LogP contribution in [0.4, 0.5) is 0 Å². The maximum atomic E-state index is 12.8. The lowest BCUT2D eigenvalue weighted by atomic mass is 10.1. The van der Waals surface area contributed by atoms with Gasteiger partial charge in [0, 0.05) is 32.2 Å². The molecule has 0 spiro atoms. The van der Waals surface area contributed by atoms with Crippen molar-refractivity contribution < 1.29 is 9.59 Å². The summed E-state index contributed by atoms with van der Waals surface area (Å²) in [6, 6.07) is 2.42. The molecule has 0 aromatic carbocycles. The summed E-state index contributed by atoms with van der Waals surface area (Å²) < 4.78 is 0. The van der Waals surface area contributed by atoms with Crippen LogP contribution in [-0.2, 0) is 4.79 Å². The molecule has 3 fully saturated rings. The minimum absolute atomic E-state index is 0.105. The number of carbonyl (C=O) groups excluding carboxylic acids is 2. The van der Waals surface area contributed by atoms with Gasteiger partial charge in [-0.15, -0.1) is 11.3 Å². The van der Waals surface area contributed by atoms with E-state index in [0.29, 0.717) is 25.0 Å². The van der Waals surface area contributed by atoms with Crippen LogP contribution in [0.15, 0.2) is 11.4 Å². The fourth-order valence-corrected chi connectivity index (χ4v) is 4.33. The van der Waals surface area contributed by atoms with E-state index in [1.165, 1.54) is 18.4 Å². The molecule has 2 saturated carbocycles. The standard InChI is InChI=1S/C18H25N3O2S/c1-12(17(22)19-14-4-5-14)20-7-9-21(10-8-20)18(23)16-15(6-11-24-16)13-2-3-13/h6,11-14H,2-5,7-10H2,1H3,(H,19,22). The number of nitrogens with one attached hydrogen (secondary N) is 1. The smallest absolute Gasteiger partial charge is 0.264 e. The van der Waals surface area contributed by atoms with E-state index in [-0.39, 0.29) is 17.9 Å². The van der Waals surface area contributed by atoms with Gasteiger partial charge < -0.3 is 10.2 Å². The molecular formula is C18H25N3O2S. The Morgan fingerprint density at radius 2 is 1.88 bits per heavy atom. The number of hydrogen-bond donors (Lipinski definition) is 1. The second kappa shape index (κ2) is 6.48. The fraction of sp³-hybridized carbons (Fsp3) is 0.667. The molecule has 4 rings (SSSR count). The highest BCUT2D eigenvalue weighted by molar-refractivity contribution is 7.12. The van der Waals surface area contributed by atoms with Gasteiger partial charge in [0.1, 0.15) is 0 Å². The topological polar surface area (TPSA) is 52.7 Å². The zero-order valence-corrected chi connectivity index (χ0v) is 15.0. The summed E-state index contributed by atoms with van der Waals surface area (Å²) in [6.45, 7) is 4.94. The Bertz CT molecular complexity index is 628. The highest BCUT2D eigenvalue weighted by Gasteiger charge is 2.33. The van der Waals surface area contributed by atoms with E-state index in [0.717, 1.165) is 30.8 Å². The molecule has 130 valence electrons. The largest absolute Gasteiger partial charge is 0.352 e. The normalized spacial score (nSPS) is 23.1. The van der Waals surface area contributed by atoms with Gasteiger partial charge in [0.15, 0.2) is 0 Å². The molecule has 2 heterocycles. The van der Waals surface area contributed by atoms with Crippen LogP contribution < -0.4 is 5.32 Å². The molecule has 1 aliphatic heterocycles. The van der Waals surface area contributed by atoms with Crippen molar-refractivity contribution in [3.05, 3.63) is 21.9 Å². The van der Waals surface area contributed by atoms with Crippen LogP contribution in [0.5, 0.6) is 0 Å². The maximum absolute atomic E-state index is 12.8. The Kier molecular flexibility index (Phi) is 4.35. The highest BCUT2D eigenvalue weighted by atomic mass is 32.1. The van der Waals surface area contributed by atoms with E-state index in [9.17, 15) is 9.59 Å². The Labute approximate surface area is 147 Å². The Morgan fingerprint density at radius 1 is 1.17 bits per heavy atom. The van der Waals surface area contributed by atoms with Gasteiger partial charge in [-0.25, -0.2) is 0 Å². The van der Waals surface area contributed by atoms with Crippen LogP contribution in [0.3, 0.4) is 0 Å². The lowest BCUT2D eigenvalue weighted by Crippen LogP contribution is -2.55. The van der Waals surface area contributed by atoms with Crippen molar-refractivity contribution >= 4 is 23.2 Å². The van der Waals surface area contributed by atoms with E-state index in [1.54, 1.807) is 11.3 Å². The van der Waals surface area contributed by atoms with Gasteiger partial charge in [0.2, 0.25) is 5.91 Å². The van der Waals surface area contributed by atoms with E-state index in [2.05, 4.69) is 16.3 Å². The SMILES string of the molecule is CC(C(=O)NC1CC1)N1CCN(C(=O)c2sccc2C2CC2)CC1. The first-order valence-electron chi connectivity index (χ1n) is 9.04. The minimum Gasteiger partial charge on any atom is -0.352 e. The van der Waals surface area contributed by atoms with Crippen LogP contribution in [0.1, 0.15) is 53.8 Å². The average Bonchev–Trinajstić information content (AvgIpc) is 3.54. The number of carbonyl (C=O) groups is 2. The molecule has 1 unspecified atom stereocenters. The van der Waals surface area contributed by atoms with Gasteiger partial charge in [-0.1, -0.05) is 0 Å². The summed E-state index contributed by atoms with van der Waals surface area (Å²) in [6.07, 6.45) is 4.67. The van der Waals surface area contributed by atoms with Crippen molar-refractivity contribution in [2.24, 2.45) is 0 Å². The molecule has 6 heteroatoms.